The molecule has 3 nitrogen and oxygen atoms in total. The number of hydrogen-bond donors (Lipinski definition) is 1. The topological polar surface area (TPSA) is 38.7 Å². The number of ether oxygens (including phenoxy) is 2. The molecule has 1 aliphatic carbocycles. The van der Waals surface area contributed by atoms with E-state index in [1.165, 1.54) is 0 Å². The van der Waals surface area contributed by atoms with Gasteiger partial charge in [0.25, 0.3) is 0 Å². The van der Waals surface area contributed by atoms with Crippen LogP contribution in [0.25, 0.3) is 0 Å². The molecule has 20 heavy (non-hydrogen) atoms. The Kier molecular flexibility index (Phi) is 3.20. The maximum atomic E-state index is 11.1. The van der Waals surface area contributed by atoms with Crippen molar-refractivity contribution < 1.29 is 14.6 Å². The molecule has 1 fully saturated rings. The van der Waals surface area contributed by atoms with Gasteiger partial charge in [0.15, 0.2) is 11.5 Å². The molecule has 0 amide bonds. The van der Waals surface area contributed by atoms with Gasteiger partial charge in [0.2, 0.25) is 0 Å². The molecule has 3 rings (SSSR count). The first kappa shape index (κ1) is 13.7. The predicted molar refractivity (Wildman–Crippen MR) is 78.1 cm³/mol. The van der Waals surface area contributed by atoms with Gasteiger partial charge in [-0.15, -0.1) is 0 Å². The van der Waals surface area contributed by atoms with Crippen LogP contribution in [-0.4, -0.2) is 18.3 Å². The van der Waals surface area contributed by atoms with Gasteiger partial charge >= 0.3 is 0 Å². The SMILES string of the molecule is CC1CC(C)(C)CC1(O)c1ccc2c(c1)OCCCO2. The van der Waals surface area contributed by atoms with E-state index in [1.807, 2.05) is 18.2 Å². The van der Waals surface area contributed by atoms with E-state index in [4.69, 9.17) is 9.47 Å². The Morgan fingerprint density at radius 3 is 2.50 bits per heavy atom. The Labute approximate surface area is 120 Å². The van der Waals surface area contributed by atoms with Gasteiger partial charge in [-0.05, 0) is 41.9 Å². The molecule has 2 unspecified atom stereocenters. The third-order valence-corrected chi connectivity index (χ3v) is 4.67. The third kappa shape index (κ3) is 2.28. The average Bonchev–Trinajstić information content (AvgIpc) is 2.56. The molecule has 1 aliphatic heterocycles. The third-order valence-electron chi connectivity index (χ3n) is 4.67. The van der Waals surface area contributed by atoms with Gasteiger partial charge in [0.05, 0.1) is 18.8 Å². The summed E-state index contributed by atoms with van der Waals surface area (Å²) in [5.41, 5.74) is 0.381. The Hall–Kier alpha value is -1.22. The molecule has 2 atom stereocenters. The van der Waals surface area contributed by atoms with Crippen LogP contribution in [0.5, 0.6) is 11.5 Å². The Bertz CT molecular complexity index is 509. The molecule has 3 heteroatoms. The number of aliphatic hydroxyl groups is 1. The molecule has 0 saturated heterocycles. The summed E-state index contributed by atoms with van der Waals surface area (Å²) in [6.45, 7) is 7.96. The molecular formula is C17H24O3. The van der Waals surface area contributed by atoms with E-state index < -0.39 is 5.60 Å². The molecule has 110 valence electrons. The summed E-state index contributed by atoms with van der Waals surface area (Å²) in [6, 6.07) is 5.90. The fraction of sp³-hybridized carbons (Fsp3) is 0.647. The van der Waals surface area contributed by atoms with Gasteiger partial charge in [0.1, 0.15) is 0 Å². The number of hydrogen-bond acceptors (Lipinski definition) is 3. The molecule has 1 heterocycles. The monoisotopic (exact) mass is 276 g/mol. The van der Waals surface area contributed by atoms with E-state index in [9.17, 15) is 5.11 Å². The van der Waals surface area contributed by atoms with E-state index in [1.54, 1.807) is 0 Å². The van der Waals surface area contributed by atoms with E-state index in [0.29, 0.717) is 13.2 Å². The van der Waals surface area contributed by atoms with Crippen molar-refractivity contribution in [3.63, 3.8) is 0 Å². The van der Waals surface area contributed by atoms with Crippen LogP contribution in [0.2, 0.25) is 0 Å². The number of rotatable bonds is 1. The van der Waals surface area contributed by atoms with Crippen molar-refractivity contribution in [3.8, 4) is 11.5 Å². The van der Waals surface area contributed by atoms with Crippen LogP contribution >= 0.6 is 0 Å². The molecular weight excluding hydrogens is 252 g/mol. The number of fused-ring (bicyclic) bond motifs is 1. The quantitative estimate of drug-likeness (QED) is 0.853. The summed E-state index contributed by atoms with van der Waals surface area (Å²) in [6.07, 6.45) is 2.73. The lowest BCUT2D eigenvalue weighted by Crippen LogP contribution is -2.29. The fourth-order valence-corrected chi connectivity index (χ4v) is 3.79. The van der Waals surface area contributed by atoms with E-state index in [0.717, 1.165) is 36.3 Å². The summed E-state index contributed by atoms with van der Waals surface area (Å²) >= 11 is 0. The Morgan fingerprint density at radius 1 is 1.15 bits per heavy atom. The average molecular weight is 276 g/mol. The molecule has 0 spiro atoms. The lowest BCUT2D eigenvalue weighted by Gasteiger charge is -2.29. The first-order valence-corrected chi connectivity index (χ1v) is 7.53. The number of benzene rings is 1. The van der Waals surface area contributed by atoms with Gasteiger partial charge in [-0.25, -0.2) is 0 Å². The van der Waals surface area contributed by atoms with Gasteiger partial charge in [-0.3, -0.25) is 0 Å². The van der Waals surface area contributed by atoms with Crippen molar-refractivity contribution in [3.05, 3.63) is 23.8 Å². The largest absolute Gasteiger partial charge is 0.490 e. The van der Waals surface area contributed by atoms with Gasteiger partial charge in [0, 0.05) is 6.42 Å². The van der Waals surface area contributed by atoms with Crippen molar-refractivity contribution in [2.75, 3.05) is 13.2 Å². The molecule has 1 saturated carbocycles. The highest BCUT2D eigenvalue weighted by atomic mass is 16.5. The molecule has 0 bridgehead atoms. The van der Waals surface area contributed by atoms with Crippen LogP contribution in [-0.2, 0) is 5.60 Å². The fourth-order valence-electron chi connectivity index (χ4n) is 3.79. The lowest BCUT2D eigenvalue weighted by atomic mass is 9.83. The van der Waals surface area contributed by atoms with Crippen LogP contribution < -0.4 is 9.47 Å². The van der Waals surface area contributed by atoms with Gasteiger partial charge in [-0.1, -0.05) is 26.8 Å². The van der Waals surface area contributed by atoms with E-state index in [-0.39, 0.29) is 11.3 Å². The maximum Gasteiger partial charge on any atom is 0.161 e. The van der Waals surface area contributed by atoms with Crippen LogP contribution in [0.4, 0.5) is 0 Å². The first-order chi connectivity index (χ1) is 9.41. The molecule has 1 aromatic carbocycles. The van der Waals surface area contributed by atoms with Crippen molar-refractivity contribution in [1.29, 1.82) is 0 Å². The molecule has 2 aliphatic rings. The summed E-state index contributed by atoms with van der Waals surface area (Å²) in [4.78, 5) is 0. The minimum Gasteiger partial charge on any atom is -0.490 e. The van der Waals surface area contributed by atoms with Crippen LogP contribution in [0.15, 0.2) is 18.2 Å². The van der Waals surface area contributed by atoms with Crippen molar-refractivity contribution in [2.45, 2.75) is 45.6 Å². The first-order valence-electron chi connectivity index (χ1n) is 7.53. The van der Waals surface area contributed by atoms with Crippen molar-refractivity contribution in [1.82, 2.24) is 0 Å². The van der Waals surface area contributed by atoms with Crippen molar-refractivity contribution >= 4 is 0 Å². The molecule has 0 aromatic heterocycles. The molecule has 1 aromatic rings. The molecule has 0 radical (unpaired) electrons. The maximum absolute atomic E-state index is 11.1. The van der Waals surface area contributed by atoms with E-state index in [2.05, 4.69) is 20.8 Å². The van der Waals surface area contributed by atoms with Crippen LogP contribution in [0, 0.1) is 11.3 Å². The molecule has 1 N–H and O–H groups in total. The summed E-state index contributed by atoms with van der Waals surface area (Å²) in [5.74, 6) is 1.81. The van der Waals surface area contributed by atoms with Gasteiger partial charge < -0.3 is 14.6 Å². The highest BCUT2D eigenvalue weighted by molar-refractivity contribution is 5.45. The highest BCUT2D eigenvalue weighted by Gasteiger charge is 2.48. The zero-order valence-electron chi connectivity index (χ0n) is 12.6. The van der Waals surface area contributed by atoms with Crippen LogP contribution in [0.3, 0.4) is 0 Å². The Balaban J connectivity index is 1.96. The zero-order chi connectivity index (χ0) is 14.4. The second-order valence-electron chi connectivity index (χ2n) is 7.08. The lowest BCUT2D eigenvalue weighted by molar-refractivity contribution is -0.00107. The minimum absolute atomic E-state index is 0.179. The van der Waals surface area contributed by atoms with Gasteiger partial charge in [-0.2, -0.15) is 0 Å². The zero-order valence-corrected chi connectivity index (χ0v) is 12.6. The smallest absolute Gasteiger partial charge is 0.161 e. The normalized spacial score (nSPS) is 31.9. The predicted octanol–water partition coefficient (Wildman–Crippen LogP) is 3.49. The van der Waals surface area contributed by atoms with E-state index >= 15 is 0 Å². The second-order valence-corrected chi connectivity index (χ2v) is 7.08. The Morgan fingerprint density at radius 2 is 1.85 bits per heavy atom. The van der Waals surface area contributed by atoms with Crippen molar-refractivity contribution in [2.24, 2.45) is 11.3 Å². The highest BCUT2D eigenvalue weighted by Crippen LogP contribution is 2.53. The summed E-state index contributed by atoms with van der Waals surface area (Å²) in [7, 11) is 0. The standard InChI is InChI=1S/C17H24O3/c1-12-10-16(2,3)11-17(12,18)13-5-6-14-15(9-13)20-8-4-7-19-14/h5-6,9,12,18H,4,7-8,10-11H2,1-3H3. The minimum atomic E-state index is -0.756. The summed E-state index contributed by atoms with van der Waals surface area (Å²) < 4.78 is 11.4. The summed E-state index contributed by atoms with van der Waals surface area (Å²) in [5, 5.41) is 11.1. The second kappa shape index (κ2) is 4.66. The van der Waals surface area contributed by atoms with Crippen LogP contribution in [0.1, 0.15) is 45.6 Å².